The third-order valence-corrected chi connectivity index (χ3v) is 4.48. The standard InChI is InChI=1S/C18H25N3O2/c1-20-9-11-21(12-10-20)18(22)15-5-7-16(8-6-15)19-14-17-4-2-3-13-23-17/h3,5-8,13,17,19H,2,4,9-12,14H2,1H3/t17-/m1/s1. The lowest BCUT2D eigenvalue weighted by Gasteiger charge is -2.32. The van der Waals surface area contributed by atoms with Crippen molar-refractivity contribution in [2.45, 2.75) is 18.9 Å². The summed E-state index contributed by atoms with van der Waals surface area (Å²) in [5, 5.41) is 3.38. The summed E-state index contributed by atoms with van der Waals surface area (Å²) in [5.41, 5.74) is 1.79. The molecule has 1 aromatic rings. The SMILES string of the molecule is CN1CCN(C(=O)c2ccc(NC[C@H]3CCC=CO3)cc2)CC1. The number of anilines is 1. The van der Waals surface area contributed by atoms with E-state index in [-0.39, 0.29) is 12.0 Å². The van der Waals surface area contributed by atoms with E-state index in [1.54, 1.807) is 6.26 Å². The van der Waals surface area contributed by atoms with Gasteiger partial charge in [-0.15, -0.1) is 0 Å². The van der Waals surface area contributed by atoms with Crippen LogP contribution in [0.4, 0.5) is 5.69 Å². The number of amides is 1. The summed E-state index contributed by atoms with van der Waals surface area (Å²) in [6.45, 7) is 4.29. The molecular weight excluding hydrogens is 290 g/mol. The minimum absolute atomic E-state index is 0.130. The van der Waals surface area contributed by atoms with E-state index in [9.17, 15) is 4.79 Å². The van der Waals surface area contributed by atoms with E-state index in [0.29, 0.717) is 0 Å². The van der Waals surface area contributed by atoms with Gasteiger partial charge in [0.05, 0.1) is 12.8 Å². The molecular formula is C18H25N3O2. The Morgan fingerprint density at radius 3 is 2.61 bits per heavy atom. The van der Waals surface area contributed by atoms with Crippen LogP contribution in [0.25, 0.3) is 0 Å². The van der Waals surface area contributed by atoms with Gasteiger partial charge < -0.3 is 19.9 Å². The van der Waals surface area contributed by atoms with Gasteiger partial charge in [0, 0.05) is 37.4 Å². The highest BCUT2D eigenvalue weighted by Crippen LogP contribution is 2.15. The van der Waals surface area contributed by atoms with E-state index >= 15 is 0 Å². The fraction of sp³-hybridized carbons (Fsp3) is 0.500. The van der Waals surface area contributed by atoms with Gasteiger partial charge in [0.15, 0.2) is 0 Å². The average Bonchev–Trinajstić information content (AvgIpc) is 2.61. The maximum absolute atomic E-state index is 12.5. The summed E-state index contributed by atoms with van der Waals surface area (Å²) >= 11 is 0. The van der Waals surface area contributed by atoms with Crippen LogP contribution >= 0.6 is 0 Å². The van der Waals surface area contributed by atoms with Crippen LogP contribution in [0.15, 0.2) is 36.6 Å². The molecule has 0 unspecified atom stereocenters. The molecule has 2 aliphatic rings. The summed E-state index contributed by atoms with van der Waals surface area (Å²) in [4.78, 5) is 16.7. The molecule has 5 heteroatoms. The lowest BCUT2D eigenvalue weighted by Crippen LogP contribution is -2.47. The van der Waals surface area contributed by atoms with Crippen molar-refractivity contribution in [2.24, 2.45) is 0 Å². The molecule has 1 aromatic carbocycles. The smallest absolute Gasteiger partial charge is 0.253 e. The molecule has 0 bridgehead atoms. The molecule has 1 fully saturated rings. The normalized spacial score (nSPS) is 21.8. The summed E-state index contributed by atoms with van der Waals surface area (Å²) in [5.74, 6) is 0.130. The van der Waals surface area contributed by atoms with E-state index in [4.69, 9.17) is 4.74 Å². The zero-order valence-corrected chi connectivity index (χ0v) is 13.7. The highest BCUT2D eigenvalue weighted by atomic mass is 16.5. The predicted molar refractivity (Wildman–Crippen MR) is 91.6 cm³/mol. The molecule has 124 valence electrons. The first-order valence-electron chi connectivity index (χ1n) is 8.34. The van der Waals surface area contributed by atoms with E-state index in [1.807, 2.05) is 29.2 Å². The number of hydrogen-bond donors (Lipinski definition) is 1. The first-order chi connectivity index (χ1) is 11.2. The monoisotopic (exact) mass is 315 g/mol. The summed E-state index contributed by atoms with van der Waals surface area (Å²) in [6.07, 6.45) is 6.18. The van der Waals surface area contributed by atoms with Crippen molar-refractivity contribution in [1.29, 1.82) is 0 Å². The number of carbonyl (C=O) groups is 1. The van der Waals surface area contributed by atoms with Crippen LogP contribution in [0.1, 0.15) is 23.2 Å². The number of likely N-dealkylation sites (N-methyl/N-ethyl adjacent to an activating group) is 1. The number of rotatable bonds is 4. The Morgan fingerprint density at radius 2 is 1.96 bits per heavy atom. The van der Waals surface area contributed by atoms with Gasteiger partial charge in [-0.3, -0.25) is 4.79 Å². The molecule has 1 saturated heterocycles. The first kappa shape index (κ1) is 15.9. The van der Waals surface area contributed by atoms with Crippen LogP contribution in [-0.4, -0.2) is 61.6 Å². The number of nitrogens with one attached hydrogen (secondary N) is 1. The Labute approximate surface area is 137 Å². The molecule has 0 radical (unpaired) electrons. The third-order valence-electron chi connectivity index (χ3n) is 4.48. The van der Waals surface area contributed by atoms with E-state index in [1.165, 1.54) is 0 Å². The zero-order chi connectivity index (χ0) is 16.1. The molecule has 1 atom stereocenters. The molecule has 23 heavy (non-hydrogen) atoms. The topological polar surface area (TPSA) is 44.8 Å². The fourth-order valence-electron chi connectivity index (χ4n) is 2.89. The van der Waals surface area contributed by atoms with Crippen LogP contribution in [-0.2, 0) is 4.74 Å². The van der Waals surface area contributed by atoms with Gasteiger partial charge in [0.25, 0.3) is 5.91 Å². The summed E-state index contributed by atoms with van der Waals surface area (Å²) in [6, 6.07) is 7.76. The number of nitrogens with zero attached hydrogens (tertiary/aromatic N) is 2. The number of benzene rings is 1. The van der Waals surface area contributed by atoms with Crippen LogP contribution in [0.5, 0.6) is 0 Å². The number of allylic oxidation sites excluding steroid dienone is 1. The van der Waals surface area contributed by atoms with Crippen LogP contribution in [0.3, 0.4) is 0 Å². The van der Waals surface area contributed by atoms with Crippen molar-refractivity contribution in [3.05, 3.63) is 42.2 Å². The molecule has 1 N–H and O–H groups in total. The molecule has 2 aliphatic heterocycles. The molecule has 2 heterocycles. The van der Waals surface area contributed by atoms with Gasteiger partial charge in [-0.25, -0.2) is 0 Å². The molecule has 0 spiro atoms. The zero-order valence-electron chi connectivity index (χ0n) is 13.7. The maximum Gasteiger partial charge on any atom is 0.253 e. The highest BCUT2D eigenvalue weighted by molar-refractivity contribution is 5.94. The number of hydrogen-bond acceptors (Lipinski definition) is 4. The first-order valence-corrected chi connectivity index (χ1v) is 8.34. The molecule has 0 aromatic heterocycles. The Kier molecular flexibility index (Phi) is 5.18. The highest BCUT2D eigenvalue weighted by Gasteiger charge is 2.20. The van der Waals surface area contributed by atoms with Crippen LogP contribution < -0.4 is 5.32 Å². The predicted octanol–water partition coefficient (Wildman–Crippen LogP) is 2.18. The van der Waals surface area contributed by atoms with E-state index in [0.717, 1.165) is 56.8 Å². The van der Waals surface area contributed by atoms with Gasteiger partial charge in [0.2, 0.25) is 0 Å². The van der Waals surface area contributed by atoms with Gasteiger partial charge in [0.1, 0.15) is 6.10 Å². The lowest BCUT2D eigenvalue weighted by molar-refractivity contribution is 0.0664. The Bertz CT molecular complexity index is 548. The van der Waals surface area contributed by atoms with Crippen molar-refractivity contribution in [3.8, 4) is 0 Å². The second kappa shape index (κ2) is 7.51. The minimum atomic E-state index is 0.130. The van der Waals surface area contributed by atoms with Crippen molar-refractivity contribution in [3.63, 3.8) is 0 Å². The van der Waals surface area contributed by atoms with Gasteiger partial charge >= 0.3 is 0 Å². The second-order valence-electron chi connectivity index (χ2n) is 6.26. The van der Waals surface area contributed by atoms with E-state index in [2.05, 4.69) is 23.3 Å². The van der Waals surface area contributed by atoms with Crippen LogP contribution in [0.2, 0.25) is 0 Å². The molecule has 0 saturated carbocycles. The number of carbonyl (C=O) groups excluding carboxylic acids is 1. The molecule has 1 amide bonds. The minimum Gasteiger partial charge on any atom is -0.497 e. The largest absolute Gasteiger partial charge is 0.497 e. The number of piperazine rings is 1. The second-order valence-corrected chi connectivity index (χ2v) is 6.26. The third kappa shape index (κ3) is 4.26. The van der Waals surface area contributed by atoms with Gasteiger partial charge in [-0.2, -0.15) is 0 Å². The van der Waals surface area contributed by atoms with Crippen molar-refractivity contribution in [2.75, 3.05) is 45.1 Å². The van der Waals surface area contributed by atoms with Crippen molar-refractivity contribution < 1.29 is 9.53 Å². The average molecular weight is 315 g/mol. The molecule has 3 rings (SSSR count). The Morgan fingerprint density at radius 1 is 1.22 bits per heavy atom. The maximum atomic E-state index is 12.5. The lowest BCUT2D eigenvalue weighted by atomic mass is 10.1. The van der Waals surface area contributed by atoms with Gasteiger partial charge in [-0.05, 0) is 50.2 Å². The van der Waals surface area contributed by atoms with Crippen molar-refractivity contribution >= 4 is 11.6 Å². The summed E-state index contributed by atoms with van der Waals surface area (Å²) in [7, 11) is 2.09. The Balaban J connectivity index is 1.52. The van der Waals surface area contributed by atoms with Crippen LogP contribution in [0, 0.1) is 0 Å². The van der Waals surface area contributed by atoms with E-state index < -0.39 is 0 Å². The quantitative estimate of drug-likeness (QED) is 0.925. The Hall–Kier alpha value is -2.01. The fourth-order valence-corrected chi connectivity index (χ4v) is 2.89. The molecule has 5 nitrogen and oxygen atoms in total. The molecule has 0 aliphatic carbocycles. The number of ether oxygens (including phenoxy) is 1. The van der Waals surface area contributed by atoms with Gasteiger partial charge in [-0.1, -0.05) is 0 Å². The van der Waals surface area contributed by atoms with Crippen molar-refractivity contribution in [1.82, 2.24) is 9.80 Å². The summed E-state index contributed by atoms with van der Waals surface area (Å²) < 4.78 is 5.54.